The summed E-state index contributed by atoms with van der Waals surface area (Å²) >= 11 is 3.35. The van der Waals surface area contributed by atoms with Crippen molar-refractivity contribution in [3.63, 3.8) is 0 Å². The molecule has 5 nitrogen and oxygen atoms in total. The Morgan fingerprint density at radius 1 is 1.37 bits per heavy atom. The fourth-order valence-electron chi connectivity index (χ4n) is 1.67. The number of halogens is 1. The number of aliphatic carboxylic acids is 1. The lowest BCUT2D eigenvalue weighted by molar-refractivity contribution is -0.137. The van der Waals surface area contributed by atoms with Gasteiger partial charge in [-0.3, -0.25) is 9.59 Å². The number of benzene rings is 1. The fourth-order valence-corrected chi connectivity index (χ4v) is 2.13. The zero-order valence-corrected chi connectivity index (χ0v) is 11.6. The molecule has 0 atom stereocenters. The molecule has 0 radical (unpaired) electrons. The van der Waals surface area contributed by atoms with Gasteiger partial charge in [0.2, 0.25) is 0 Å². The van der Waals surface area contributed by atoms with Crippen LogP contribution in [0.4, 0.5) is 0 Å². The van der Waals surface area contributed by atoms with Crippen LogP contribution in [0.25, 0.3) is 11.0 Å². The third-order valence-electron chi connectivity index (χ3n) is 2.57. The number of carbonyl (C=O) groups is 2. The van der Waals surface area contributed by atoms with Crippen molar-refractivity contribution in [2.75, 3.05) is 6.54 Å². The summed E-state index contributed by atoms with van der Waals surface area (Å²) in [5, 5.41) is 11.9. The average molecular weight is 326 g/mol. The molecule has 100 valence electrons. The highest BCUT2D eigenvalue weighted by Crippen LogP contribution is 2.26. The van der Waals surface area contributed by atoms with Crippen molar-refractivity contribution in [2.45, 2.75) is 12.8 Å². The SMILES string of the molecule is O=C(O)CCCNC(=O)c1cc2cccc(Br)c2o1. The van der Waals surface area contributed by atoms with Gasteiger partial charge in [-0.15, -0.1) is 0 Å². The number of amides is 1. The smallest absolute Gasteiger partial charge is 0.303 e. The summed E-state index contributed by atoms with van der Waals surface area (Å²) in [6, 6.07) is 7.20. The van der Waals surface area contributed by atoms with Gasteiger partial charge in [-0.1, -0.05) is 12.1 Å². The van der Waals surface area contributed by atoms with Crippen LogP contribution in [0.1, 0.15) is 23.4 Å². The van der Waals surface area contributed by atoms with Crippen LogP contribution in [0, 0.1) is 0 Å². The number of hydrogen-bond donors (Lipinski definition) is 2. The first-order valence-corrected chi connectivity index (χ1v) is 6.55. The summed E-state index contributed by atoms with van der Waals surface area (Å²) in [4.78, 5) is 22.1. The van der Waals surface area contributed by atoms with Crippen molar-refractivity contribution < 1.29 is 19.1 Å². The topological polar surface area (TPSA) is 79.5 Å². The third kappa shape index (κ3) is 3.35. The summed E-state index contributed by atoms with van der Waals surface area (Å²) in [6.07, 6.45) is 0.428. The first-order valence-electron chi connectivity index (χ1n) is 5.76. The summed E-state index contributed by atoms with van der Waals surface area (Å²) in [6.45, 7) is 0.309. The van der Waals surface area contributed by atoms with Crippen molar-refractivity contribution >= 4 is 38.8 Å². The first kappa shape index (κ1) is 13.6. The molecule has 1 aromatic heterocycles. The van der Waals surface area contributed by atoms with Gasteiger partial charge in [0.15, 0.2) is 5.76 Å². The lowest BCUT2D eigenvalue weighted by atomic mass is 10.2. The van der Waals surface area contributed by atoms with E-state index in [1.54, 1.807) is 6.07 Å². The normalized spacial score (nSPS) is 10.6. The summed E-state index contributed by atoms with van der Waals surface area (Å²) < 4.78 is 6.25. The molecule has 0 fully saturated rings. The number of carbonyl (C=O) groups excluding carboxylic acids is 1. The van der Waals surface area contributed by atoms with Gasteiger partial charge < -0.3 is 14.8 Å². The molecular weight excluding hydrogens is 314 g/mol. The fraction of sp³-hybridized carbons (Fsp3) is 0.231. The van der Waals surface area contributed by atoms with Crippen LogP contribution in [-0.4, -0.2) is 23.5 Å². The Labute approximate surface area is 117 Å². The molecule has 1 aromatic carbocycles. The van der Waals surface area contributed by atoms with Crippen LogP contribution < -0.4 is 5.32 Å². The predicted molar refractivity (Wildman–Crippen MR) is 73.1 cm³/mol. The Kier molecular flexibility index (Phi) is 4.21. The average Bonchev–Trinajstić information content (AvgIpc) is 2.79. The van der Waals surface area contributed by atoms with Crippen molar-refractivity contribution in [3.8, 4) is 0 Å². The molecule has 19 heavy (non-hydrogen) atoms. The standard InChI is InChI=1S/C13H12BrNO4/c14-9-4-1-3-8-7-10(19-12(8)9)13(18)15-6-2-5-11(16)17/h1,3-4,7H,2,5-6H2,(H,15,18)(H,16,17). The van der Waals surface area contributed by atoms with E-state index >= 15 is 0 Å². The predicted octanol–water partition coefficient (Wildman–Crippen LogP) is 2.79. The Bertz CT molecular complexity index is 620. The van der Waals surface area contributed by atoms with E-state index in [1.165, 1.54) is 0 Å². The maximum absolute atomic E-state index is 11.8. The van der Waals surface area contributed by atoms with Gasteiger partial charge in [0.05, 0.1) is 4.47 Å². The molecule has 1 heterocycles. The Hall–Kier alpha value is -1.82. The Morgan fingerprint density at radius 3 is 2.84 bits per heavy atom. The molecule has 2 N–H and O–H groups in total. The molecule has 0 aliphatic heterocycles. The largest absolute Gasteiger partial charge is 0.481 e. The van der Waals surface area contributed by atoms with Crippen molar-refractivity contribution in [2.24, 2.45) is 0 Å². The molecule has 0 saturated heterocycles. The van der Waals surface area contributed by atoms with E-state index < -0.39 is 5.97 Å². The molecule has 1 amide bonds. The second kappa shape index (κ2) is 5.88. The number of nitrogens with one attached hydrogen (secondary N) is 1. The number of carboxylic acid groups (broad SMARTS) is 1. The molecule has 0 bridgehead atoms. The second-order valence-corrected chi connectivity index (χ2v) is 4.88. The van der Waals surface area contributed by atoms with E-state index in [2.05, 4.69) is 21.2 Å². The highest BCUT2D eigenvalue weighted by atomic mass is 79.9. The van der Waals surface area contributed by atoms with Crippen molar-refractivity contribution in [3.05, 3.63) is 34.5 Å². The van der Waals surface area contributed by atoms with Crippen LogP contribution in [0.2, 0.25) is 0 Å². The molecule has 2 aromatic rings. The quantitative estimate of drug-likeness (QED) is 0.828. The number of rotatable bonds is 5. The van der Waals surface area contributed by atoms with Gasteiger partial charge in [0.1, 0.15) is 5.58 Å². The van der Waals surface area contributed by atoms with Crippen LogP contribution in [-0.2, 0) is 4.79 Å². The Balaban J connectivity index is 2.01. The van der Waals surface area contributed by atoms with Gasteiger partial charge in [-0.05, 0) is 34.5 Å². The van der Waals surface area contributed by atoms with E-state index in [1.807, 2.05) is 18.2 Å². The molecule has 0 unspecified atom stereocenters. The van der Waals surface area contributed by atoms with Gasteiger partial charge >= 0.3 is 5.97 Å². The summed E-state index contributed by atoms with van der Waals surface area (Å²) in [7, 11) is 0. The van der Waals surface area contributed by atoms with Crippen LogP contribution in [0.15, 0.2) is 33.2 Å². The van der Waals surface area contributed by atoms with Crippen molar-refractivity contribution in [1.82, 2.24) is 5.32 Å². The number of hydrogen-bond acceptors (Lipinski definition) is 3. The van der Waals surface area contributed by atoms with E-state index in [-0.39, 0.29) is 18.1 Å². The second-order valence-electron chi connectivity index (χ2n) is 4.02. The van der Waals surface area contributed by atoms with E-state index in [0.29, 0.717) is 18.5 Å². The van der Waals surface area contributed by atoms with Gasteiger partial charge in [-0.25, -0.2) is 0 Å². The number of para-hydroxylation sites is 1. The minimum absolute atomic E-state index is 0.0337. The summed E-state index contributed by atoms with van der Waals surface area (Å²) in [5.41, 5.74) is 0.623. The minimum Gasteiger partial charge on any atom is -0.481 e. The van der Waals surface area contributed by atoms with Crippen LogP contribution in [0.5, 0.6) is 0 Å². The van der Waals surface area contributed by atoms with E-state index in [0.717, 1.165) is 9.86 Å². The van der Waals surface area contributed by atoms with Crippen LogP contribution in [0.3, 0.4) is 0 Å². The minimum atomic E-state index is -0.873. The third-order valence-corrected chi connectivity index (χ3v) is 3.20. The molecule has 0 aliphatic carbocycles. The lowest BCUT2D eigenvalue weighted by Gasteiger charge is -2.00. The maximum Gasteiger partial charge on any atom is 0.303 e. The number of carboxylic acids is 1. The molecule has 0 saturated carbocycles. The Morgan fingerprint density at radius 2 is 2.16 bits per heavy atom. The molecule has 0 aliphatic rings. The van der Waals surface area contributed by atoms with Gasteiger partial charge in [-0.2, -0.15) is 0 Å². The van der Waals surface area contributed by atoms with Crippen molar-refractivity contribution in [1.29, 1.82) is 0 Å². The monoisotopic (exact) mass is 325 g/mol. The molecular formula is C13H12BrNO4. The highest BCUT2D eigenvalue weighted by Gasteiger charge is 2.13. The number of furan rings is 1. The zero-order valence-electron chi connectivity index (χ0n) is 9.98. The number of fused-ring (bicyclic) bond motifs is 1. The maximum atomic E-state index is 11.8. The van der Waals surface area contributed by atoms with Gasteiger partial charge in [0.25, 0.3) is 5.91 Å². The lowest BCUT2D eigenvalue weighted by Crippen LogP contribution is -2.24. The molecule has 6 heteroatoms. The van der Waals surface area contributed by atoms with Gasteiger partial charge in [0, 0.05) is 18.4 Å². The van der Waals surface area contributed by atoms with E-state index in [9.17, 15) is 9.59 Å². The summed E-state index contributed by atoms with van der Waals surface area (Å²) in [5.74, 6) is -0.993. The first-order chi connectivity index (χ1) is 9.08. The molecule has 0 spiro atoms. The van der Waals surface area contributed by atoms with Crippen LogP contribution >= 0.6 is 15.9 Å². The zero-order chi connectivity index (χ0) is 13.8. The highest BCUT2D eigenvalue weighted by molar-refractivity contribution is 9.10. The van der Waals surface area contributed by atoms with E-state index in [4.69, 9.17) is 9.52 Å². The molecule has 2 rings (SSSR count).